The minimum absolute atomic E-state index is 0.624. The third-order valence-electron chi connectivity index (χ3n) is 11.7. The molecule has 0 aliphatic rings. The topological polar surface area (TPSA) is 62.5 Å². The number of fused-ring (bicyclic) bond motifs is 3. The normalized spacial score (nSPS) is 11.2. The molecule has 0 radical (unpaired) electrons. The molecule has 0 aliphatic heterocycles. The van der Waals surface area contributed by atoms with E-state index in [1.54, 1.807) is 0 Å². The summed E-state index contributed by atoms with van der Waals surface area (Å²) in [6.07, 6.45) is 0. The van der Waals surface area contributed by atoms with E-state index in [4.69, 9.17) is 15.0 Å². The van der Waals surface area contributed by atoms with Gasteiger partial charge in [-0.2, -0.15) is 5.26 Å². The van der Waals surface area contributed by atoms with Crippen molar-refractivity contribution in [3.63, 3.8) is 0 Å². The molecule has 1 aromatic heterocycles. The standard InChI is InChI=1S/C58H42N4/c1-36-26-37(2)29-49(28-36)56-60-57(50-30-38(3)27-39(4)31-50)62-58(61-56)54-15-8-7-14-52(54)42-18-16-40(17-19-42)45-21-23-48(35-59)55(34-45)46-12-9-11-43(32-46)44-24-25-53-47(33-44)22-20-41-10-5-6-13-51(41)53/h5-34H,1-4H3. The van der Waals surface area contributed by atoms with E-state index in [2.05, 4.69) is 198 Å². The average molecular weight is 795 g/mol. The Labute approximate surface area is 362 Å². The van der Waals surface area contributed by atoms with E-state index in [-0.39, 0.29) is 0 Å². The van der Waals surface area contributed by atoms with E-state index in [1.807, 2.05) is 18.2 Å². The Morgan fingerprint density at radius 3 is 1.53 bits per heavy atom. The summed E-state index contributed by atoms with van der Waals surface area (Å²) < 4.78 is 0. The molecule has 4 nitrogen and oxygen atoms in total. The van der Waals surface area contributed by atoms with Crippen LogP contribution in [0.25, 0.3) is 100 Å². The summed E-state index contributed by atoms with van der Waals surface area (Å²) in [6.45, 7) is 8.42. The number of aryl methyl sites for hydroxylation is 4. The molecule has 0 atom stereocenters. The van der Waals surface area contributed by atoms with Gasteiger partial charge in [0.05, 0.1) is 11.6 Å². The van der Waals surface area contributed by atoms with Gasteiger partial charge in [-0.3, -0.25) is 0 Å². The van der Waals surface area contributed by atoms with Crippen molar-refractivity contribution < 1.29 is 0 Å². The van der Waals surface area contributed by atoms with Gasteiger partial charge >= 0.3 is 0 Å². The van der Waals surface area contributed by atoms with E-state index in [0.29, 0.717) is 23.0 Å². The molecule has 4 heteroatoms. The molecule has 0 N–H and O–H groups in total. The molecule has 9 aromatic carbocycles. The molecular weight excluding hydrogens is 753 g/mol. The number of aromatic nitrogens is 3. The number of hydrogen-bond acceptors (Lipinski definition) is 4. The number of rotatable bonds is 7. The predicted molar refractivity (Wildman–Crippen MR) is 257 cm³/mol. The van der Waals surface area contributed by atoms with E-state index >= 15 is 0 Å². The molecule has 10 aromatic rings. The molecule has 0 saturated heterocycles. The van der Waals surface area contributed by atoms with Gasteiger partial charge in [0, 0.05) is 22.3 Å². The summed E-state index contributed by atoms with van der Waals surface area (Å²) >= 11 is 0. The molecule has 0 unspecified atom stereocenters. The summed E-state index contributed by atoms with van der Waals surface area (Å²) in [7, 11) is 0. The SMILES string of the molecule is Cc1cc(C)cc(-c2nc(-c3cc(C)cc(C)c3)nc(-c3ccccc3-c3ccc(-c4ccc(C#N)c(-c5cccc(-c6ccc7c(ccc8ccccc87)c6)c5)c4)cc3)n2)c1. The highest BCUT2D eigenvalue weighted by atomic mass is 15.0. The Kier molecular flexibility index (Phi) is 9.79. The highest BCUT2D eigenvalue weighted by molar-refractivity contribution is 6.08. The first-order chi connectivity index (χ1) is 30.3. The van der Waals surface area contributed by atoms with Crippen molar-refractivity contribution in [1.29, 1.82) is 5.26 Å². The lowest BCUT2D eigenvalue weighted by molar-refractivity contribution is 1.07. The Morgan fingerprint density at radius 2 is 0.839 bits per heavy atom. The van der Waals surface area contributed by atoms with Gasteiger partial charge in [-0.05, 0) is 137 Å². The fourth-order valence-corrected chi connectivity index (χ4v) is 8.85. The van der Waals surface area contributed by atoms with Crippen LogP contribution in [0, 0.1) is 39.0 Å². The Hall–Kier alpha value is -8.00. The van der Waals surface area contributed by atoms with Gasteiger partial charge in [0.1, 0.15) is 0 Å². The first-order valence-electron chi connectivity index (χ1n) is 21.0. The van der Waals surface area contributed by atoms with E-state index in [9.17, 15) is 5.26 Å². The quantitative estimate of drug-likeness (QED) is 0.151. The van der Waals surface area contributed by atoms with Gasteiger partial charge in [-0.25, -0.2) is 15.0 Å². The van der Waals surface area contributed by atoms with Crippen molar-refractivity contribution in [1.82, 2.24) is 15.0 Å². The highest BCUT2D eigenvalue weighted by Crippen LogP contribution is 2.37. The van der Waals surface area contributed by atoms with Gasteiger partial charge < -0.3 is 0 Å². The largest absolute Gasteiger partial charge is 0.208 e. The zero-order chi connectivity index (χ0) is 42.3. The van der Waals surface area contributed by atoms with E-state index < -0.39 is 0 Å². The molecule has 294 valence electrons. The molecule has 0 bridgehead atoms. The maximum absolute atomic E-state index is 10.3. The van der Waals surface area contributed by atoms with Crippen LogP contribution in [0.15, 0.2) is 182 Å². The number of benzene rings is 9. The van der Waals surface area contributed by atoms with Crippen LogP contribution in [0.2, 0.25) is 0 Å². The molecule has 0 amide bonds. The van der Waals surface area contributed by atoms with Gasteiger partial charge in [0.15, 0.2) is 17.5 Å². The van der Waals surface area contributed by atoms with Gasteiger partial charge in [-0.15, -0.1) is 0 Å². The Balaban J connectivity index is 1.00. The zero-order valence-corrected chi connectivity index (χ0v) is 35.1. The molecular formula is C58H42N4. The lowest BCUT2D eigenvalue weighted by Crippen LogP contribution is -2.02. The zero-order valence-electron chi connectivity index (χ0n) is 35.1. The minimum atomic E-state index is 0.624. The summed E-state index contributed by atoms with van der Waals surface area (Å²) in [5, 5.41) is 15.2. The van der Waals surface area contributed by atoms with Crippen molar-refractivity contribution >= 4 is 21.5 Å². The van der Waals surface area contributed by atoms with E-state index in [1.165, 1.54) is 21.5 Å². The summed E-state index contributed by atoms with van der Waals surface area (Å²) in [6, 6.07) is 66.5. The molecule has 62 heavy (non-hydrogen) atoms. The molecule has 1 heterocycles. The molecule has 10 rings (SSSR count). The minimum Gasteiger partial charge on any atom is -0.208 e. The number of nitriles is 1. The van der Waals surface area contributed by atoms with Crippen LogP contribution in [-0.2, 0) is 0 Å². The molecule has 0 spiro atoms. The highest BCUT2D eigenvalue weighted by Gasteiger charge is 2.17. The second-order valence-corrected chi connectivity index (χ2v) is 16.4. The van der Waals surface area contributed by atoms with Gasteiger partial charge in [-0.1, -0.05) is 156 Å². The van der Waals surface area contributed by atoms with E-state index in [0.717, 1.165) is 83.5 Å². The maximum atomic E-state index is 10.3. The number of nitrogens with zero attached hydrogens (tertiary/aromatic N) is 4. The average Bonchev–Trinajstić information content (AvgIpc) is 3.30. The first-order valence-corrected chi connectivity index (χ1v) is 21.0. The Bertz CT molecular complexity index is 3300. The monoisotopic (exact) mass is 794 g/mol. The van der Waals surface area contributed by atoms with Crippen LogP contribution in [0.1, 0.15) is 27.8 Å². The van der Waals surface area contributed by atoms with Crippen LogP contribution < -0.4 is 0 Å². The third-order valence-corrected chi connectivity index (χ3v) is 11.7. The van der Waals surface area contributed by atoms with Crippen LogP contribution in [0.4, 0.5) is 0 Å². The number of hydrogen-bond donors (Lipinski definition) is 0. The van der Waals surface area contributed by atoms with Crippen LogP contribution in [-0.4, -0.2) is 15.0 Å². The van der Waals surface area contributed by atoms with Crippen molar-refractivity contribution in [2.75, 3.05) is 0 Å². The molecule has 0 fully saturated rings. The lowest BCUT2D eigenvalue weighted by Gasteiger charge is -2.14. The van der Waals surface area contributed by atoms with Crippen LogP contribution >= 0.6 is 0 Å². The van der Waals surface area contributed by atoms with Crippen LogP contribution in [0.3, 0.4) is 0 Å². The maximum Gasteiger partial charge on any atom is 0.164 e. The molecule has 0 aliphatic carbocycles. The van der Waals surface area contributed by atoms with Crippen molar-refractivity contribution in [2.45, 2.75) is 27.7 Å². The third kappa shape index (κ3) is 7.42. The van der Waals surface area contributed by atoms with Gasteiger partial charge in [0.2, 0.25) is 0 Å². The van der Waals surface area contributed by atoms with Crippen molar-refractivity contribution in [3.8, 4) is 84.7 Å². The first kappa shape index (κ1) is 38.2. The lowest BCUT2D eigenvalue weighted by atomic mass is 9.91. The van der Waals surface area contributed by atoms with Crippen molar-refractivity contribution in [3.05, 3.63) is 210 Å². The summed E-state index contributed by atoms with van der Waals surface area (Å²) in [4.78, 5) is 15.3. The summed E-state index contributed by atoms with van der Waals surface area (Å²) in [5.74, 6) is 1.92. The second-order valence-electron chi connectivity index (χ2n) is 16.4. The van der Waals surface area contributed by atoms with Crippen LogP contribution in [0.5, 0.6) is 0 Å². The fraction of sp³-hybridized carbons (Fsp3) is 0.0690. The summed E-state index contributed by atoms with van der Waals surface area (Å²) in [5.41, 5.74) is 16.5. The predicted octanol–water partition coefficient (Wildman–Crippen LogP) is 15.0. The fourth-order valence-electron chi connectivity index (χ4n) is 8.85. The second kappa shape index (κ2) is 15.9. The van der Waals surface area contributed by atoms with Crippen molar-refractivity contribution in [2.24, 2.45) is 0 Å². The Morgan fingerprint density at radius 1 is 0.323 bits per heavy atom. The molecule has 0 saturated carbocycles. The van der Waals surface area contributed by atoms with Gasteiger partial charge in [0.25, 0.3) is 0 Å². The smallest absolute Gasteiger partial charge is 0.164 e.